The van der Waals surface area contributed by atoms with E-state index in [1.54, 1.807) is 23.0 Å². The molecular weight excluding hydrogens is 376 g/mol. The number of nitrogens with one attached hydrogen (secondary N) is 1. The lowest BCUT2D eigenvalue weighted by Gasteiger charge is -2.24. The molecule has 0 saturated carbocycles. The van der Waals surface area contributed by atoms with E-state index in [2.05, 4.69) is 31.7 Å². The molecule has 1 amide bonds. The van der Waals surface area contributed by atoms with E-state index in [0.29, 0.717) is 23.2 Å². The number of fused-ring (bicyclic) bond motifs is 2. The molecule has 1 aromatic carbocycles. The van der Waals surface area contributed by atoms with E-state index in [1.807, 2.05) is 31.2 Å². The van der Waals surface area contributed by atoms with Crippen LogP contribution in [0.4, 0.5) is 5.82 Å². The van der Waals surface area contributed by atoms with Crippen molar-refractivity contribution in [2.24, 2.45) is 0 Å². The molecule has 8 heteroatoms. The van der Waals surface area contributed by atoms with Crippen LogP contribution in [-0.4, -0.2) is 30.9 Å². The first kappa shape index (κ1) is 16.8. The van der Waals surface area contributed by atoms with Crippen LogP contribution in [0.1, 0.15) is 29.2 Å². The second-order valence-electron chi connectivity index (χ2n) is 6.73. The van der Waals surface area contributed by atoms with Gasteiger partial charge in [0.1, 0.15) is 5.82 Å². The number of nitrogens with zero attached hydrogens (tertiary/aromatic N) is 5. The third-order valence-electron chi connectivity index (χ3n) is 4.97. The topological polar surface area (TPSA) is 85.6 Å². The van der Waals surface area contributed by atoms with Gasteiger partial charge < -0.3 is 5.32 Å². The molecule has 1 atom stereocenters. The summed E-state index contributed by atoms with van der Waals surface area (Å²) in [5.74, 6) is 0.966. The minimum absolute atomic E-state index is 0.0631. The first-order valence-electron chi connectivity index (χ1n) is 8.84. The molecule has 28 heavy (non-hydrogen) atoms. The fourth-order valence-corrected chi connectivity index (χ4v) is 3.83. The minimum atomic E-state index is -0.0950. The van der Waals surface area contributed by atoms with Gasteiger partial charge in [0.15, 0.2) is 11.0 Å². The van der Waals surface area contributed by atoms with Crippen LogP contribution < -0.4 is 5.32 Å². The van der Waals surface area contributed by atoms with Crippen molar-refractivity contribution in [3.05, 3.63) is 70.6 Å². The second-order valence-corrected chi connectivity index (χ2v) is 7.12. The van der Waals surface area contributed by atoms with E-state index in [-0.39, 0.29) is 11.8 Å². The smallest absolute Gasteiger partial charge is 0.226 e. The lowest BCUT2D eigenvalue weighted by molar-refractivity contribution is -0.116. The summed E-state index contributed by atoms with van der Waals surface area (Å²) in [5, 5.41) is 16.9. The molecule has 0 bridgehead atoms. The van der Waals surface area contributed by atoms with Gasteiger partial charge in [-0.1, -0.05) is 23.7 Å². The summed E-state index contributed by atoms with van der Waals surface area (Å²) in [6.45, 7) is 1.94. The normalized spacial score (nSPS) is 16.1. The zero-order valence-electron chi connectivity index (χ0n) is 14.9. The van der Waals surface area contributed by atoms with Gasteiger partial charge >= 0.3 is 0 Å². The van der Waals surface area contributed by atoms with E-state index >= 15 is 0 Å². The molecular formula is C20H15ClN6O. The maximum absolute atomic E-state index is 12.5. The van der Waals surface area contributed by atoms with Gasteiger partial charge in [-0.15, -0.1) is 10.2 Å². The van der Waals surface area contributed by atoms with Crippen molar-refractivity contribution >= 4 is 34.2 Å². The van der Waals surface area contributed by atoms with Crippen molar-refractivity contribution in [3.63, 3.8) is 0 Å². The Morgan fingerprint density at radius 3 is 2.89 bits per heavy atom. The molecule has 4 aromatic rings. The molecule has 0 radical (unpaired) electrons. The largest absolute Gasteiger partial charge is 0.310 e. The Labute approximate surface area is 165 Å². The summed E-state index contributed by atoms with van der Waals surface area (Å²) < 4.78 is 1.61. The molecule has 1 N–H and O–H groups in total. The first-order valence-corrected chi connectivity index (χ1v) is 9.21. The van der Waals surface area contributed by atoms with Gasteiger partial charge in [0, 0.05) is 29.5 Å². The van der Waals surface area contributed by atoms with Crippen molar-refractivity contribution in [1.29, 1.82) is 0 Å². The maximum Gasteiger partial charge on any atom is 0.226 e. The Hall–Kier alpha value is -3.32. The maximum atomic E-state index is 12.5. The van der Waals surface area contributed by atoms with E-state index in [4.69, 9.17) is 11.6 Å². The summed E-state index contributed by atoms with van der Waals surface area (Å²) in [6, 6.07) is 13.4. The van der Waals surface area contributed by atoms with Crippen molar-refractivity contribution in [3.8, 4) is 5.82 Å². The Kier molecular flexibility index (Phi) is 3.84. The summed E-state index contributed by atoms with van der Waals surface area (Å²) >= 11 is 5.84. The van der Waals surface area contributed by atoms with Gasteiger partial charge in [-0.25, -0.2) is 0 Å². The van der Waals surface area contributed by atoms with Crippen LogP contribution in [-0.2, 0) is 4.79 Å². The molecule has 1 aliphatic rings. The average Bonchev–Trinajstić information content (AvgIpc) is 3.04. The van der Waals surface area contributed by atoms with Gasteiger partial charge in [-0.2, -0.15) is 9.78 Å². The number of amides is 1. The van der Waals surface area contributed by atoms with Crippen LogP contribution in [0.3, 0.4) is 0 Å². The van der Waals surface area contributed by atoms with Crippen LogP contribution >= 0.6 is 11.6 Å². The fourth-order valence-electron chi connectivity index (χ4n) is 3.73. The predicted molar refractivity (Wildman–Crippen MR) is 106 cm³/mol. The Bertz CT molecular complexity index is 1220. The van der Waals surface area contributed by atoms with E-state index in [1.165, 1.54) is 0 Å². The van der Waals surface area contributed by atoms with Crippen molar-refractivity contribution in [2.75, 3.05) is 5.32 Å². The highest BCUT2D eigenvalue weighted by Crippen LogP contribution is 2.40. The molecule has 5 rings (SSSR count). The van der Waals surface area contributed by atoms with E-state index < -0.39 is 0 Å². The number of rotatable bonds is 2. The number of aromatic nitrogens is 5. The lowest BCUT2D eigenvalue weighted by Crippen LogP contribution is -2.25. The second kappa shape index (κ2) is 6.38. The van der Waals surface area contributed by atoms with Crippen LogP contribution in [0.5, 0.6) is 0 Å². The summed E-state index contributed by atoms with van der Waals surface area (Å²) in [7, 11) is 0. The van der Waals surface area contributed by atoms with E-state index in [9.17, 15) is 4.79 Å². The summed E-state index contributed by atoms with van der Waals surface area (Å²) in [5.41, 5.74) is 3.81. The molecule has 0 aliphatic carbocycles. The predicted octanol–water partition coefficient (Wildman–Crippen LogP) is 3.65. The molecule has 0 fully saturated rings. The van der Waals surface area contributed by atoms with Crippen LogP contribution in [0, 0.1) is 6.92 Å². The number of benzene rings is 1. The van der Waals surface area contributed by atoms with Crippen LogP contribution in [0.25, 0.3) is 16.7 Å². The number of aryl methyl sites for hydroxylation is 1. The number of pyridine rings is 1. The number of carbonyl (C=O) groups is 1. The Morgan fingerprint density at radius 1 is 1.18 bits per heavy atom. The van der Waals surface area contributed by atoms with E-state index in [0.717, 1.165) is 27.7 Å². The van der Waals surface area contributed by atoms with Crippen LogP contribution in [0.15, 0.2) is 48.7 Å². The van der Waals surface area contributed by atoms with Crippen molar-refractivity contribution in [2.45, 2.75) is 19.3 Å². The number of hydrogen-bond donors (Lipinski definition) is 1. The molecule has 4 heterocycles. The average molecular weight is 391 g/mol. The molecule has 0 unspecified atom stereocenters. The fraction of sp³-hybridized carbons (Fsp3) is 0.150. The molecule has 138 valence electrons. The summed E-state index contributed by atoms with van der Waals surface area (Å²) in [4.78, 5) is 16.9. The third-order valence-corrected chi connectivity index (χ3v) is 5.17. The quantitative estimate of drug-likeness (QED) is 0.564. The number of carbonyl (C=O) groups excluding carboxylic acids is 1. The molecule has 0 saturated heterocycles. The Morgan fingerprint density at radius 2 is 2.07 bits per heavy atom. The molecule has 1 aliphatic heterocycles. The first-order chi connectivity index (χ1) is 13.6. The monoisotopic (exact) mass is 390 g/mol. The summed E-state index contributed by atoms with van der Waals surface area (Å²) in [6.07, 6.45) is 2.13. The van der Waals surface area contributed by atoms with Crippen molar-refractivity contribution < 1.29 is 4.79 Å². The number of halogens is 1. The van der Waals surface area contributed by atoms with Gasteiger partial charge in [0.25, 0.3) is 0 Å². The Balaban J connectivity index is 1.66. The minimum Gasteiger partial charge on any atom is -0.310 e. The zero-order chi connectivity index (χ0) is 19.3. The third kappa shape index (κ3) is 2.71. The van der Waals surface area contributed by atoms with Crippen LogP contribution in [0.2, 0.25) is 5.15 Å². The number of hydrogen-bond acceptors (Lipinski definition) is 5. The van der Waals surface area contributed by atoms with Crippen molar-refractivity contribution in [1.82, 2.24) is 25.0 Å². The highest BCUT2D eigenvalue weighted by molar-refractivity contribution is 6.29. The van der Waals surface area contributed by atoms with Gasteiger partial charge in [0.05, 0.1) is 11.2 Å². The van der Waals surface area contributed by atoms with Gasteiger partial charge in [-0.05, 0) is 42.8 Å². The lowest BCUT2D eigenvalue weighted by atomic mass is 9.85. The molecule has 0 spiro atoms. The SMILES string of the molecule is Cc1nn(-c2ccc(Cl)nn2)c2c1[C@@H](c1ccc3ncccc3c1)CC(=O)N2. The highest BCUT2D eigenvalue weighted by Gasteiger charge is 2.33. The zero-order valence-corrected chi connectivity index (χ0v) is 15.7. The standard InChI is InChI=1S/C20H15ClN6O/c1-11-19-14(12-4-5-15-13(9-12)3-2-8-22-15)10-18(28)23-20(19)27(26-11)17-7-6-16(21)24-25-17/h2-9,14H,10H2,1H3,(H,23,28)/t14-/m1/s1. The molecule has 7 nitrogen and oxygen atoms in total. The number of anilines is 1. The molecule has 3 aromatic heterocycles. The van der Waals surface area contributed by atoms with Gasteiger partial charge in [0.2, 0.25) is 5.91 Å². The highest BCUT2D eigenvalue weighted by atomic mass is 35.5. The van der Waals surface area contributed by atoms with Gasteiger partial charge in [-0.3, -0.25) is 9.78 Å².